The minimum absolute atomic E-state index is 0.0146. The number of aryl methyl sites for hydroxylation is 1. The Morgan fingerprint density at radius 1 is 1.48 bits per heavy atom. The molecule has 0 bridgehead atoms. The molecule has 0 fully saturated rings. The van der Waals surface area contributed by atoms with E-state index in [9.17, 15) is 4.79 Å². The van der Waals surface area contributed by atoms with Crippen molar-refractivity contribution in [2.45, 2.75) is 39.0 Å². The van der Waals surface area contributed by atoms with Crippen molar-refractivity contribution in [2.24, 2.45) is 0 Å². The molecule has 3 rings (SSSR count). The number of pyridine rings is 1. The number of amides is 1. The average molecular weight is 344 g/mol. The van der Waals surface area contributed by atoms with Crippen LogP contribution in [0.25, 0.3) is 0 Å². The maximum atomic E-state index is 12.1. The summed E-state index contributed by atoms with van der Waals surface area (Å²) in [6.45, 7) is 3.15. The summed E-state index contributed by atoms with van der Waals surface area (Å²) < 4.78 is 12.7. The van der Waals surface area contributed by atoms with Gasteiger partial charge >= 0.3 is 0 Å². The average Bonchev–Trinajstić information content (AvgIpc) is 3.02. The quantitative estimate of drug-likeness (QED) is 0.780. The zero-order valence-electron chi connectivity index (χ0n) is 14.5. The van der Waals surface area contributed by atoms with Gasteiger partial charge in [-0.25, -0.2) is 0 Å². The number of fused-ring (bicyclic) bond motifs is 1. The highest BCUT2D eigenvalue weighted by atomic mass is 16.5. The summed E-state index contributed by atoms with van der Waals surface area (Å²) >= 11 is 0. The van der Waals surface area contributed by atoms with Gasteiger partial charge < -0.3 is 14.8 Å². The first kappa shape index (κ1) is 17.6. The summed E-state index contributed by atoms with van der Waals surface area (Å²) in [7, 11) is 1.69. The standard InChI is InChI=1S/C18H24N4O3/c1-24-10-8-22-17-6-9-25-13-15(17)16(21-22)4-5-18(23)20-12-14-3-2-7-19-11-14/h2-3,7,11H,4-6,8-10,12-13H2,1H3,(H,20,23). The molecule has 0 radical (unpaired) electrons. The highest BCUT2D eigenvalue weighted by molar-refractivity contribution is 5.76. The highest BCUT2D eigenvalue weighted by Crippen LogP contribution is 2.22. The van der Waals surface area contributed by atoms with Crippen molar-refractivity contribution in [3.05, 3.63) is 47.0 Å². The molecule has 0 unspecified atom stereocenters. The molecular formula is C18H24N4O3. The zero-order chi connectivity index (χ0) is 17.5. The summed E-state index contributed by atoms with van der Waals surface area (Å²) in [6.07, 6.45) is 5.36. The van der Waals surface area contributed by atoms with Crippen LogP contribution >= 0.6 is 0 Å². The molecule has 0 aliphatic carbocycles. The summed E-state index contributed by atoms with van der Waals surface area (Å²) in [5, 5.41) is 7.61. The molecule has 2 aromatic rings. The number of hydrogen-bond acceptors (Lipinski definition) is 5. The van der Waals surface area contributed by atoms with Gasteiger partial charge in [-0.15, -0.1) is 0 Å². The van der Waals surface area contributed by atoms with E-state index in [0.29, 0.717) is 32.6 Å². The Hall–Kier alpha value is -2.25. The van der Waals surface area contributed by atoms with Crippen LogP contribution in [-0.2, 0) is 46.8 Å². The minimum Gasteiger partial charge on any atom is -0.383 e. The van der Waals surface area contributed by atoms with Gasteiger partial charge in [0.2, 0.25) is 5.91 Å². The van der Waals surface area contributed by atoms with Crippen molar-refractivity contribution in [2.75, 3.05) is 20.3 Å². The number of hydrogen-bond donors (Lipinski definition) is 1. The van der Waals surface area contributed by atoms with E-state index in [1.54, 1.807) is 19.5 Å². The lowest BCUT2D eigenvalue weighted by Crippen LogP contribution is -2.23. The fourth-order valence-electron chi connectivity index (χ4n) is 2.97. The molecule has 134 valence electrons. The lowest BCUT2D eigenvalue weighted by molar-refractivity contribution is -0.121. The molecule has 0 aromatic carbocycles. The van der Waals surface area contributed by atoms with Gasteiger partial charge in [-0.1, -0.05) is 6.07 Å². The Balaban J connectivity index is 1.57. The Kier molecular flexibility index (Phi) is 6.14. The molecule has 3 heterocycles. The number of rotatable bonds is 8. The van der Waals surface area contributed by atoms with E-state index < -0.39 is 0 Å². The van der Waals surface area contributed by atoms with Crippen molar-refractivity contribution >= 4 is 5.91 Å². The van der Waals surface area contributed by atoms with Crippen LogP contribution in [0, 0.1) is 0 Å². The number of carbonyl (C=O) groups excluding carboxylic acids is 1. The van der Waals surface area contributed by atoms with E-state index in [0.717, 1.165) is 36.4 Å². The lowest BCUT2D eigenvalue weighted by Gasteiger charge is -2.15. The third-order valence-electron chi connectivity index (χ3n) is 4.29. The summed E-state index contributed by atoms with van der Waals surface area (Å²) in [6, 6.07) is 3.80. The third kappa shape index (κ3) is 4.64. The molecule has 0 saturated carbocycles. The Morgan fingerprint density at radius 2 is 2.40 bits per heavy atom. The smallest absolute Gasteiger partial charge is 0.220 e. The van der Waals surface area contributed by atoms with E-state index >= 15 is 0 Å². The maximum Gasteiger partial charge on any atom is 0.220 e. The molecule has 1 aliphatic rings. The second-order valence-corrected chi connectivity index (χ2v) is 6.03. The number of carbonyl (C=O) groups is 1. The van der Waals surface area contributed by atoms with Crippen LogP contribution in [-0.4, -0.2) is 41.0 Å². The van der Waals surface area contributed by atoms with Gasteiger partial charge in [0.25, 0.3) is 0 Å². The molecule has 1 amide bonds. The van der Waals surface area contributed by atoms with Gasteiger partial charge in [-0.3, -0.25) is 14.5 Å². The first-order chi connectivity index (χ1) is 12.3. The van der Waals surface area contributed by atoms with Crippen LogP contribution in [0.1, 0.15) is 28.9 Å². The third-order valence-corrected chi connectivity index (χ3v) is 4.29. The van der Waals surface area contributed by atoms with Crippen LogP contribution in [0.2, 0.25) is 0 Å². The summed E-state index contributed by atoms with van der Waals surface area (Å²) in [5.41, 5.74) is 4.31. The number of nitrogens with zero attached hydrogens (tertiary/aromatic N) is 3. The van der Waals surface area contributed by atoms with Crippen molar-refractivity contribution in [1.29, 1.82) is 0 Å². The van der Waals surface area contributed by atoms with Crippen molar-refractivity contribution < 1.29 is 14.3 Å². The van der Waals surface area contributed by atoms with Gasteiger partial charge in [-0.05, 0) is 11.6 Å². The van der Waals surface area contributed by atoms with Crippen LogP contribution in [0.5, 0.6) is 0 Å². The van der Waals surface area contributed by atoms with Gasteiger partial charge in [0.15, 0.2) is 0 Å². The topological polar surface area (TPSA) is 78.3 Å². The molecule has 2 aromatic heterocycles. The minimum atomic E-state index is 0.0146. The van der Waals surface area contributed by atoms with E-state index in [2.05, 4.69) is 15.4 Å². The van der Waals surface area contributed by atoms with E-state index in [4.69, 9.17) is 9.47 Å². The first-order valence-electron chi connectivity index (χ1n) is 8.57. The molecule has 1 aliphatic heterocycles. The number of nitrogens with one attached hydrogen (secondary N) is 1. The highest BCUT2D eigenvalue weighted by Gasteiger charge is 2.21. The number of ether oxygens (including phenoxy) is 2. The normalized spacial score (nSPS) is 13.5. The lowest BCUT2D eigenvalue weighted by atomic mass is 10.1. The van der Waals surface area contributed by atoms with Crippen LogP contribution in [0.3, 0.4) is 0 Å². The predicted molar refractivity (Wildman–Crippen MR) is 91.9 cm³/mol. The van der Waals surface area contributed by atoms with Crippen LogP contribution in [0.4, 0.5) is 0 Å². The first-order valence-corrected chi connectivity index (χ1v) is 8.57. The second-order valence-electron chi connectivity index (χ2n) is 6.03. The van der Waals surface area contributed by atoms with E-state index in [1.807, 2.05) is 16.8 Å². The molecule has 1 N–H and O–H groups in total. The largest absolute Gasteiger partial charge is 0.383 e. The van der Waals surface area contributed by atoms with Crippen molar-refractivity contribution in [3.8, 4) is 0 Å². The number of methoxy groups -OCH3 is 1. The van der Waals surface area contributed by atoms with Crippen molar-refractivity contribution in [1.82, 2.24) is 20.1 Å². The Morgan fingerprint density at radius 3 is 3.20 bits per heavy atom. The molecule has 0 spiro atoms. The molecule has 25 heavy (non-hydrogen) atoms. The molecular weight excluding hydrogens is 320 g/mol. The van der Waals surface area contributed by atoms with Gasteiger partial charge in [0.05, 0.1) is 32.1 Å². The summed E-state index contributed by atoms with van der Waals surface area (Å²) in [4.78, 5) is 16.2. The molecule has 0 saturated heterocycles. The van der Waals surface area contributed by atoms with Crippen molar-refractivity contribution in [3.63, 3.8) is 0 Å². The molecule has 7 heteroatoms. The fraction of sp³-hybridized carbons (Fsp3) is 0.500. The Labute approximate surface area is 147 Å². The number of aromatic nitrogens is 3. The predicted octanol–water partition coefficient (Wildman–Crippen LogP) is 1.25. The van der Waals surface area contributed by atoms with Gasteiger partial charge in [0, 0.05) is 56.6 Å². The Bertz CT molecular complexity index is 700. The van der Waals surface area contributed by atoms with E-state index in [-0.39, 0.29) is 5.91 Å². The zero-order valence-corrected chi connectivity index (χ0v) is 14.5. The van der Waals surface area contributed by atoms with Crippen LogP contribution in [0.15, 0.2) is 24.5 Å². The second kappa shape index (κ2) is 8.73. The monoisotopic (exact) mass is 344 g/mol. The fourth-order valence-corrected chi connectivity index (χ4v) is 2.97. The SMILES string of the molecule is COCCn1nc(CCC(=O)NCc2cccnc2)c2c1CCOC2. The molecule has 0 atom stereocenters. The van der Waals surface area contributed by atoms with E-state index in [1.165, 1.54) is 5.69 Å². The molecule has 7 nitrogen and oxygen atoms in total. The van der Waals surface area contributed by atoms with Crippen LogP contribution < -0.4 is 5.32 Å². The maximum absolute atomic E-state index is 12.1. The van der Waals surface area contributed by atoms with Gasteiger partial charge in [-0.2, -0.15) is 5.10 Å². The summed E-state index contributed by atoms with van der Waals surface area (Å²) in [5.74, 6) is 0.0146. The van der Waals surface area contributed by atoms with Gasteiger partial charge in [0.1, 0.15) is 0 Å².